The van der Waals surface area contributed by atoms with Crippen molar-refractivity contribution in [2.75, 3.05) is 5.73 Å². The second kappa shape index (κ2) is 4.77. The van der Waals surface area contributed by atoms with Crippen molar-refractivity contribution in [1.82, 2.24) is 19.7 Å². The van der Waals surface area contributed by atoms with E-state index in [1.165, 1.54) is 0 Å². The largest absolute Gasteiger partial charge is 0.396 e. The van der Waals surface area contributed by atoms with E-state index in [-0.39, 0.29) is 0 Å². The first-order valence-electron chi connectivity index (χ1n) is 6.36. The van der Waals surface area contributed by atoms with Crippen LogP contribution in [0.2, 0.25) is 0 Å². The average molecular weight is 265 g/mol. The van der Waals surface area contributed by atoms with Crippen molar-refractivity contribution in [2.24, 2.45) is 0 Å². The summed E-state index contributed by atoms with van der Waals surface area (Å²) < 4.78 is 1.79. The topological polar surface area (TPSA) is 69.6 Å². The molecule has 0 unspecified atom stereocenters. The Morgan fingerprint density at radius 3 is 2.50 bits per heavy atom. The van der Waals surface area contributed by atoms with Gasteiger partial charge in [-0.25, -0.2) is 4.68 Å². The van der Waals surface area contributed by atoms with Crippen molar-refractivity contribution < 1.29 is 0 Å². The standard InChI is InChI=1S/C15H15N5/c1-10-5-3-4-6-13(10)20-9-12(16)15(19-20)14-11(2)17-7-8-18-14/h3-9H,16H2,1-2H3. The fourth-order valence-corrected chi connectivity index (χ4v) is 2.16. The number of aryl methyl sites for hydroxylation is 2. The van der Waals surface area contributed by atoms with Crippen LogP contribution in [0.15, 0.2) is 42.9 Å². The molecule has 0 fully saturated rings. The highest BCUT2D eigenvalue weighted by Crippen LogP contribution is 2.25. The summed E-state index contributed by atoms with van der Waals surface area (Å²) in [5.74, 6) is 0. The van der Waals surface area contributed by atoms with E-state index in [0.29, 0.717) is 11.4 Å². The van der Waals surface area contributed by atoms with Gasteiger partial charge >= 0.3 is 0 Å². The van der Waals surface area contributed by atoms with Gasteiger partial charge in [-0.15, -0.1) is 0 Å². The van der Waals surface area contributed by atoms with Gasteiger partial charge in [-0.1, -0.05) is 18.2 Å². The summed E-state index contributed by atoms with van der Waals surface area (Å²) in [4.78, 5) is 8.55. The van der Waals surface area contributed by atoms with Gasteiger partial charge in [0.05, 0.1) is 23.3 Å². The second-order valence-electron chi connectivity index (χ2n) is 4.65. The van der Waals surface area contributed by atoms with Crippen LogP contribution < -0.4 is 5.73 Å². The van der Waals surface area contributed by atoms with E-state index in [9.17, 15) is 0 Å². The predicted molar refractivity (Wildman–Crippen MR) is 78.5 cm³/mol. The lowest BCUT2D eigenvalue weighted by Gasteiger charge is -2.04. The van der Waals surface area contributed by atoms with E-state index in [4.69, 9.17) is 5.73 Å². The Morgan fingerprint density at radius 2 is 1.75 bits per heavy atom. The van der Waals surface area contributed by atoms with Crippen molar-refractivity contribution in [2.45, 2.75) is 13.8 Å². The van der Waals surface area contributed by atoms with Crippen molar-refractivity contribution in [1.29, 1.82) is 0 Å². The van der Waals surface area contributed by atoms with Crippen LogP contribution in [-0.2, 0) is 0 Å². The van der Waals surface area contributed by atoms with Crippen LogP contribution >= 0.6 is 0 Å². The molecule has 3 aromatic rings. The first-order valence-corrected chi connectivity index (χ1v) is 6.36. The normalized spacial score (nSPS) is 10.7. The Balaban J connectivity index is 2.13. The van der Waals surface area contributed by atoms with Gasteiger partial charge in [-0.3, -0.25) is 9.97 Å². The molecule has 0 aliphatic heterocycles. The minimum Gasteiger partial charge on any atom is -0.396 e. The minimum absolute atomic E-state index is 0.594. The molecule has 0 aliphatic carbocycles. The summed E-state index contributed by atoms with van der Waals surface area (Å²) in [7, 11) is 0. The molecule has 100 valence electrons. The van der Waals surface area contributed by atoms with Crippen molar-refractivity contribution >= 4 is 5.69 Å². The number of nitrogens with two attached hydrogens (primary N) is 1. The van der Waals surface area contributed by atoms with Crippen LogP contribution in [0.5, 0.6) is 0 Å². The van der Waals surface area contributed by atoms with E-state index in [1.807, 2.05) is 44.3 Å². The number of para-hydroxylation sites is 1. The molecule has 0 atom stereocenters. The lowest BCUT2D eigenvalue weighted by molar-refractivity contribution is 0.873. The molecular weight excluding hydrogens is 250 g/mol. The maximum absolute atomic E-state index is 6.08. The first-order chi connectivity index (χ1) is 9.66. The maximum Gasteiger partial charge on any atom is 0.136 e. The van der Waals surface area contributed by atoms with Gasteiger partial charge in [0.15, 0.2) is 0 Å². The third-order valence-corrected chi connectivity index (χ3v) is 3.21. The Hall–Kier alpha value is -2.69. The van der Waals surface area contributed by atoms with Crippen LogP contribution in [0, 0.1) is 13.8 Å². The maximum atomic E-state index is 6.08. The Bertz CT molecular complexity index is 760. The zero-order valence-corrected chi connectivity index (χ0v) is 11.4. The van der Waals surface area contributed by atoms with E-state index in [1.54, 1.807) is 17.1 Å². The summed E-state index contributed by atoms with van der Waals surface area (Å²) in [6, 6.07) is 8.03. The lowest BCUT2D eigenvalue weighted by Crippen LogP contribution is -1.98. The molecule has 0 saturated carbocycles. The number of nitrogen functional groups attached to an aromatic ring is 1. The van der Waals surface area contributed by atoms with Gasteiger partial charge in [0, 0.05) is 12.4 Å². The number of anilines is 1. The molecular formula is C15H15N5. The summed E-state index contributed by atoms with van der Waals surface area (Å²) in [6.45, 7) is 3.94. The average Bonchev–Trinajstić information content (AvgIpc) is 2.81. The smallest absolute Gasteiger partial charge is 0.136 e. The Morgan fingerprint density at radius 1 is 1.00 bits per heavy atom. The van der Waals surface area contributed by atoms with E-state index in [0.717, 1.165) is 22.6 Å². The Labute approximate surface area is 117 Å². The van der Waals surface area contributed by atoms with Gasteiger partial charge in [-0.2, -0.15) is 5.10 Å². The molecule has 0 radical (unpaired) electrons. The zero-order chi connectivity index (χ0) is 14.1. The van der Waals surface area contributed by atoms with E-state index < -0.39 is 0 Å². The van der Waals surface area contributed by atoms with Gasteiger partial charge in [-0.05, 0) is 25.5 Å². The van der Waals surface area contributed by atoms with Crippen LogP contribution in [0.3, 0.4) is 0 Å². The number of hydrogen-bond acceptors (Lipinski definition) is 4. The van der Waals surface area contributed by atoms with Crippen molar-refractivity contribution in [3.05, 3.63) is 54.1 Å². The van der Waals surface area contributed by atoms with Crippen molar-refractivity contribution in [3.63, 3.8) is 0 Å². The summed E-state index contributed by atoms with van der Waals surface area (Å²) >= 11 is 0. The molecule has 1 aromatic carbocycles. The zero-order valence-electron chi connectivity index (χ0n) is 11.4. The number of aromatic nitrogens is 4. The van der Waals surface area contributed by atoms with Crippen LogP contribution in [0.1, 0.15) is 11.3 Å². The molecule has 2 aromatic heterocycles. The minimum atomic E-state index is 0.594. The molecule has 5 nitrogen and oxygen atoms in total. The molecule has 0 bridgehead atoms. The summed E-state index contributed by atoms with van der Waals surface area (Å²) in [6.07, 6.45) is 5.12. The highest BCUT2D eigenvalue weighted by atomic mass is 15.3. The fourth-order valence-electron chi connectivity index (χ4n) is 2.16. The molecule has 2 heterocycles. The van der Waals surface area contributed by atoms with Gasteiger partial charge < -0.3 is 5.73 Å². The highest BCUT2D eigenvalue weighted by Gasteiger charge is 2.14. The quantitative estimate of drug-likeness (QED) is 0.773. The lowest BCUT2D eigenvalue weighted by atomic mass is 10.2. The van der Waals surface area contributed by atoms with Gasteiger partial charge in [0.2, 0.25) is 0 Å². The molecule has 5 heteroatoms. The van der Waals surface area contributed by atoms with Crippen LogP contribution in [0.4, 0.5) is 5.69 Å². The third-order valence-electron chi connectivity index (χ3n) is 3.21. The number of rotatable bonds is 2. The van der Waals surface area contributed by atoms with Gasteiger partial charge in [0.25, 0.3) is 0 Å². The molecule has 2 N–H and O–H groups in total. The molecule has 3 rings (SSSR count). The SMILES string of the molecule is Cc1ccccc1-n1cc(N)c(-c2nccnc2C)n1. The highest BCUT2D eigenvalue weighted by molar-refractivity contribution is 5.71. The molecule has 0 aliphatic rings. The van der Waals surface area contributed by atoms with Crippen LogP contribution in [-0.4, -0.2) is 19.7 Å². The monoisotopic (exact) mass is 265 g/mol. The molecule has 0 saturated heterocycles. The van der Waals surface area contributed by atoms with E-state index in [2.05, 4.69) is 15.1 Å². The van der Waals surface area contributed by atoms with Gasteiger partial charge in [0.1, 0.15) is 11.4 Å². The number of nitrogens with zero attached hydrogens (tertiary/aromatic N) is 4. The van der Waals surface area contributed by atoms with E-state index >= 15 is 0 Å². The third kappa shape index (κ3) is 2.03. The van der Waals surface area contributed by atoms with Crippen molar-refractivity contribution in [3.8, 4) is 17.1 Å². The molecule has 0 amide bonds. The predicted octanol–water partition coefficient (Wildman–Crippen LogP) is 2.53. The molecule has 0 spiro atoms. The van der Waals surface area contributed by atoms with Crippen LogP contribution in [0.25, 0.3) is 17.1 Å². The fraction of sp³-hybridized carbons (Fsp3) is 0.133. The second-order valence-corrected chi connectivity index (χ2v) is 4.65. The summed E-state index contributed by atoms with van der Waals surface area (Å²) in [5.41, 5.74) is 11.0. The number of benzene rings is 1. The number of hydrogen-bond donors (Lipinski definition) is 1. The summed E-state index contributed by atoms with van der Waals surface area (Å²) in [5, 5.41) is 4.56. The first kappa shape index (κ1) is 12.3. The Kier molecular flexibility index (Phi) is 2.95. The molecule has 20 heavy (non-hydrogen) atoms.